The van der Waals surface area contributed by atoms with Crippen molar-refractivity contribution in [2.75, 3.05) is 13.1 Å². The highest BCUT2D eigenvalue weighted by atomic mass is 35.5. The van der Waals surface area contributed by atoms with Gasteiger partial charge in [-0.3, -0.25) is 0 Å². The molecule has 0 saturated heterocycles. The lowest BCUT2D eigenvalue weighted by atomic mass is 10.2. The molecular formula is C16H16Cl4N2O2. The van der Waals surface area contributed by atoms with Crippen LogP contribution in [-0.4, -0.2) is 23.3 Å². The third-order valence-electron chi connectivity index (χ3n) is 3.32. The third kappa shape index (κ3) is 5.31. The van der Waals surface area contributed by atoms with E-state index >= 15 is 0 Å². The minimum Gasteiger partial charge on any atom is -0.506 e. The van der Waals surface area contributed by atoms with Gasteiger partial charge in [0.25, 0.3) is 0 Å². The van der Waals surface area contributed by atoms with Crippen molar-refractivity contribution in [1.82, 2.24) is 10.6 Å². The molecule has 8 heteroatoms. The standard InChI is InChI=1S/C16H16Cl4N2O2/c17-11-3-9(15(23)13(19)5-11)7-21-1-2-22-8-10-4-12(18)6-14(20)16(10)24/h3-6,21-24H,1-2,7-8H2. The van der Waals surface area contributed by atoms with Crippen LogP contribution in [0.3, 0.4) is 0 Å². The molecule has 2 aromatic rings. The van der Waals surface area contributed by atoms with Gasteiger partial charge >= 0.3 is 0 Å². The molecular weight excluding hydrogens is 394 g/mol. The lowest BCUT2D eigenvalue weighted by Gasteiger charge is -2.11. The van der Waals surface area contributed by atoms with Crippen LogP contribution in [0.2, 0.25) is 20.1 Å². The Morgan fingerprint density at radius 1 is 0.667 bits per heavy atom. The lowest BCUT2D eigenvalue weighted by Crippen LogP contribution is -2.26. The Morgan fingerprint density at radius 2 is 1.04 bits per heavy atom. The Hall–Kier alpha value is -0.880. The van der Waals surface area contributed by atoms with E-state index in [2.05, 4.69) is 10.6 Å². The highest BCUT2D eigenvalue weighted by Gasteiger charge is 2.08. The molecule has 0 aliphatic carbocycles. The van der Waals surface area contributed by atoms with Gasteiger partial charge < -0.3 is 20.8 Å². The zero-order chi connectivity index (χ0) is 17.7. The van der Waals surface area contributed by atoms with Crippen molar-refractivity contribution >= 4 is 46.4 Å². The largest absolute Gasteiger partial charge is 0.506 e. The second-order valence-electron chi connectivity index (χ2n) is 5.14. The van der Waals surface area contributed by atoms with Gasteiger partial charge in [0.2, 0.25) is 0 Å². The summed E-state index contributed by atoms with van der Waals surface area (Å²) in [6.07, 6.45) is 0. The monoisotopic (exact) mass is 408 g/mol. The molecule has 0 unspecified atom stereocenters. The topological polar surface area (TPSA) is 64.5 Å². The Labute approximate surface area is 160 Å². The van der Waals surface area contributed by atoms with Gasteiger partial charge in [-0.05, 0) is 24.3 Å². The molecule has 0 fully saturated rings. The number of phenolic OH excluding ortho intramolecular Hbond substituents is 2. The highest BCUT2D eigenvalue weighted by molar-refractivity contribution is 6.36. The molecule has 0 spiro atoms. The van der Waals surface area contributed by atoms with Crippen LogP contribution in [0.15, 0.2) is 24.3 Å². The fourth-order valence-electron chi connectivity index (χ4n) is 2.13. The molecule has 0 bridgehead atoms. The van der Waals surface area contributed by atoms with E-state index in [1.807, 2.05) is 0 Å². The van der Waals surface area contributed by atoms with Crippen molar-refractivity contribution in [2.45, 2.75) is 13.1 Å². The first kappa shape index (κ1) is 19.4. The van der Waals surface area contributed by atoms with Crippen LogP contribution in [0.5, 0.6) is 11.5 Å². The van der Waals surface area contributed by atoms with E-state index in [9.17, 15) is 10.2 Å². The Bertz CT molecular complexity index is 664. The van der Waals surface area contributed by atoms with Crippen LogP contribution >= 0.6 is 46.4 Å². The summed E-state index contributed by atoms with van der Waals surface area (Å²) >= 11 is 23.6. The van der Waals surface area contributed by atoms with Gasteiger partial charge in [0, 0.05) is 47.4 Å². The first-order valence-corrected chi connectivity index (χ1v) is 8.65. The molecule has 0 heterocycles. The van der Waals surface area contributed by atoms with Crippen molar-refractivity contribution in [3.05, 3.63) is 55.5 Å². The van der Waals surface area contributed by atoms with Crippen molar-refractivity contribution < 1.29 is 10.2 Å². The highest BCUT2D eigenvalue weighted by Crippen LogP contribution is 2.31. The van der Waals surface area contributed by atoms with Gasteiger partial charge in [-0.25, -0.2) is 0 Å². The normalized spacial score (nSPS) is 11.0. The van der Waals surface area contributed by atoms with Crippen molar-refractivity contribution in [1.29, 1.82) is 0 Å². The minimum atomic E-state index is 0.0278. The van der Waals surface area contributed by atoms with E-state index in [1.54, 1.807) is 12.1 Å². The molecule has 4 N–H and O–H groups in total. The summed E-state index contributed by atoms with van der Waals surface area (Å²) in [5, 5.41) is 27.4. The molecule has 0 aliphatic heterocycles. The summed E-state index contributed by atoms with van der Waals surface area (Å²) < 4.78 is 0. The summed E-state index contributed by atoms with van der Waals surface area (Å²) in [5.74, 6) is 0.0556. The minimum absolute atomic E-state index is 0.0278. The third-order valence-corrected chi connectivity index (χ3v) is 4.34. The van der Waals surface area contributed by atoms with Gasteiger partial charge in [0.05, 0.1) is 10.0 Å². The molecule has 0 atom stereocenters. The van der Waals surface area contributed by atoms with Crippen LogP contribution in [0.25, 0.3) is 0 Å². The van der Waals surface area contributed by atoms with Crippen LogP contribution < -0.4 is 10.6 Å². The zero-order valence-electron chi connectivity index (χ0n) is 12.5. The van der Waals surface area contributed by atoms with Crippen molar-refractivity contribution in [2.24, 2.45) is 0 Å². The average Bonchev–Trinajstić information content (AvgIpc) is 2.51. The molecule has 2 rings (SSSR count). The number of aromatic hydroxyl groups is 2. The SMILES string of the molecule is Oc1c(Cl)cc(Cl)cc1CNCCNCc1cc(Cl)cc(Cl)c1O. The van der Waals surface area contributed by atoms with Crippen LogP contribution in [0.4, 0.5) is 0 Å². The van der Waals surface area contributed by atoms with Gasteiger partial charge in [-0.1, -0.05) is 46.4 Å². The first-order valence-electron chi connectivity index (χ1n) is 7.13. The quantitative estimate of drug-likeness (QED) is 0.505. The summed E-state index contributed by atoms with van der Waals surface area (Å²) in [7, 11) is 0. The van der Waals surface area contributed by atoms with Gasteiger partial charge in [0.1, 0.15) is 11.5 Å². The Kier molecular flexibility index (Phi) is 7.29. The van der Waals surface area contributed by atoms with Gasteiger partial charge in [0.15, 0.2) is 0 Å². The van der Waals surface area contributed by atoms with Crippen LogP contribution in [-0.2, 0) is 13.1 Å². The summed E-state index contributed by atoms with van der Waals surface area (Å²) in [5.41, 5.74) is 1.26. The lowest BCUT2D eigenvalue weighted by molar-refractivity contribution is 0.461. The number of benzene rings is 2. The smallest absolute Gasteiger partial charge is 0.138 e. The maximum atomic E-state index is 9.86. The molecule has 0 aliphatic rings. The summed E-state index contributed by atoms with van der Waals surface area (Å²) in [4.78, 5) is 0. The molecule has 0 radical (unpaired) electrons. The second kappa shape index (κ2) is 8.99. The molecule has 4 nitrogen and oxygen atoms in total. The van der Waals surface area contributed by atoms with E-state index in [4.69, 9.17) is 46.4 Å². The fourth-order valence-corrected chi connectivity index (χ4v) is 3.20. The van der Waals surface area contributed by atoms with Crippen LogP contribution in [0.1, 0.15) is 11.1 Å². The summed E-state index contributed by atoms with van der Waals surface area (Å²) in [6.45, 7) is 2.14. The van der Waals surface area contributed by atoms with Crippen molar-refractivity contribution in [3.63, 3.8) is 0 Å². The fraction of sp³-hybridized carbons (Fsp3) is 0.250. The number of rotatable bonds is 7. The van der Waals surface area contributed by atoms with Crippen molar-refractivity contribution in [3.8, 4) is 11.5 Å². The van der Waals surface area contributed by atoms with E-state index in [0.717, 1.165) is 0 Å². The molecule has 24 heavy (non-hydrogen) atoms. The molecule has 0 amide bonds. The number of nitrogens with one attached hydrogen (secondary N) is 2. The maximum absolute atomic E-state index is 9.86. The molecule has 130 valence electrons. The Balaban J connectivity index is 1.77. The van der Waals surface area contributed by atoms with Crippen LogP contribution in [0, 0.1) is 0 Å². The van der Waals surface area contributed by atoms with Gasteiger partial charge in [-0.15, -0.1) is 0 Å². The van der Waals surface area contributed by atoms with E-state index in [0.29, 0.717) is 47.4 Å². The average molecular weight is 410 g/mol. The van der Waals surface area contributed by atoms with E-state index < -0.39 is 0 Å². The van der Waals surface area contributed by atoms with E-state index in [-0.39, 0.29) is 21.5 Å². The second-order valence-corrected chi connectivity index (χ2v) is 6.83. The number of halogens is 4. The summed E-state index contributed by atoms with van der Waals surface area (Å²) in [6, 6.07) is 6.31. The zero-order valence-corrected chi connectivity index (χ0v) is 15.6. The number of hydrogen-bond acceptors (Lipinski definition) is 4. The predicted octanol–water partition coefficient (Wildman–Crippen LogP) is 4.59. The maximum Gasteiger partial charge on any atom is 0.138 e. The number of hydrogen-bond donors (Lipinski definition) is 4. The molecule has 0 saturated carbocycles. The molecule has 0 aromatic heterocycles. The number of phenols is 2. The van der Waals surface area contributed by atoms with Gasteiger partial charge in [-0.2, -0.15) is 0 Å². The predicted molar refractivity (Wildman–Crippen MR) is 99.7 cm³/mol. The Morgan fingerprint density at radius 3 is 1.42 bits per heavy atom. The molecule has 2 aromatic carbocycles. The van der Waals surface area contributed by atoms with E-state index in [1.165, 1.54) is 12.1 Å². The first-order chi connectivity index (χ1) is 11.4.